The van der Waals surface area contributed by atoms with Gasteiger partial charge in [0, 0.05) is 14.1 Å². The predicted octanol–water partition coefficient (Wildman–Crippen LogP) is 2.18. The Balaban J connectivity index is 3.01. The van der Waals surface area contributed by atoms with Gasteiger partial charge in [-0.2, -0.15) is 0 Å². The molecule has 1 rings (SSSR count). The van der Waals surface area contributed by atoms with Crippen molar-refractivity contribution in [2.45, 2.75) is 20.3 Å². The largest absolute Gasteiger partial charge is 0.480 e. The first-order valence-electron chi connectivity index (χ1n) is 6.00. The molecule has 0 aliphatic rings. The lowest BCUT2D eigenvalue weighted by molar-refractivity contribution is -0.142. The molecule has 18 heavy (non-hydrogen) atoms. The zero-order valence-electron chi connectivity index (χ0n) is 11.7. The van der Waals surface area contributed by atoms with Gasteiger partial charge in [0.15, 0.2) is 6.61 Å². The van der Waals surface area contributed by atoms with E-state index in [0.717, 1.165) is 12.1 Å². The molecule has 0 N–H and O–H groups in total. The van der Waals surface area contributed by atoms with E-state index in [1.807, 2.05) is 32.0 Å². The molecule has 4 nitrogen and oxygen atoms in total. The van der Waals surface area contributed by atoms with Gasteiger partial charge in [-0.25, -0.2) is 4.79 Å². The molecule has 0 fully saturated rings. The summed E-state index contributed by atoms with van der Waals surface area (Å²) >= 11 is 0. The number of carbonyl (C=O) groups is 1. The summed E-state index contributed by atoms with van der Waals surface area (Å²) in [6, 6.07) is 4.07. The Morgan fingerprint density at radius 3 is 2.50 bits per heavy atom. The van der Waals surface area contributed by atoms with Crippen LogP contribution in [0.3, 0.4) is 0 Å². The quantitative estimate of drug-likeness (QED) is 0.752. The summed E-state index contributed by atoms with van der Waals surface area (Å²) in [4.78, 5) is 13.1. The SMILES string of the molecule is CCc1cc(N(C)C)c(OCC(=O)OC)cc1C. The minimum atomic E-state index is -0.378. The fraction of sp³-hybridized carbons (Fsp3) is 0.500. The van der Waals surface area contributed by atoms with E-state index >= 15 is 0 Å². The van der Waals surface area contributed by atoms with Crippen LogP contribution in [0, 0.1) is 6.92 Å². The highest BCUT2D eigenvalue weighted by Crippen LogP contribution is 2.30. The average Bonchev–Trinajstić information content (AvgIpc) is 2.35. The normalized spacial score (nSPS) is 10.1. The highest BCUT2D eigenvalue weighted by molar-refractivity contribution is 5.71. The number of methoxy groups -OCH3 is 1. The van der Waals surface area contributed by atoms with Crippen LogP contribution in [0.2, 0.25) is 0 Å². The lowest BCUT2D eigenvalue weighted by Crippen LogP contribution is -2.16. The highest BCUT2D eigenvalue weighted by Gasteiger charge is 2.11. The first kappa shape index (κ1) is 14.4. The van der Waals surface area contributed by atoms with E-state index in [2.05, 4.69) is 17.7 Å². The van der Waals surface area contributed by atoms with Gasteiger partial charge in [0.25, 0.3) is 0 Å². The van der Waals surface area contributed by atoms with Crippen LogP contribution in [0.5, 0.6) is 5.75 Å². The van der Waals surface area contributed by atoms with Crippen LogP contribution < -0.4 is 9.64 Å². The molecule has 0 heterocycles. The van der Waals surface area contributed by atoms with E-state index in [0.29, 0.717) is 5.75 Å². The summed E-state index contributed by atoms with van der Waals surface area (Å²) in [5.41, 5.74) is 3.42. The average molecular weight is 251 g/mol. The summed E-state index contributed by atoms with van der Waals surface area (Å²) in [6.45, 7) is 4.10. The van der Waals surface area contributed by atoms with Crippen molar-refractivity contribution in [2.24, 2.45) is 0 Å². The third-order valence-electron chi connectivity index (χ3n) is 2.85. The lowest BCUT2D eigenvalue weighted by atomic mass is 10.0. The van der Waals surface area contributed by atoms with E-state index in [1.165, 1.54) is 18.2 Å². The monoisotopic (exact) mass is 251 g/mol. The molecule has 0 radical (unpaired) electrons. The Hall–Kier alpha value is -1.71. The second-order valence-electron chi connectivity index (χ2n) is 4.36. The lowest BCUT2D eigenvalue weighted by Gasteiger charge is -2.20. The van der Waals surface area contributed by atoms with Gasteiger partial charge >= 0.3 is 5.97 Å². The fourth-order valence-corrected chi connectivity index (χ4v) is 1.75. The molecule has 0 saturated heterocycles. The summed E-state index contributed by atoms with van der Waals surface area (Å²) in [5.74, 6) is 0.331. The van der Waals surface area contributed by atoms with Gasteiger partial charge in [-0.05, 0) is 36.6 Å². The molecule has 0 amide bonds. The molecule has 0 bridgehead atoms. The molecular weight excluding hydrogens is 230 g/mol. The Kier molecular flexibility index (Phi) is 5.01. The molecule has 0 saturated carbocycles. The van der Waals surface area contributed by atoms with Gasteiger partial charge in [-0.1, -0.05) is 6.92 Å². The molecule has 0 aliphatic carbocycles. The summed E-state index contributed by atoms with van der Waals surface area (Å²) in [7, 11) is 5.26. The Morgan fingerprint density at radius 2 is 2.00 bits per heavy atom. The van der Waals surface area contributed by atoms with Crippen LogP contribution >= 0.6 is 0 Å². The van der Waals surface area contributed by atoms with E-state index in [1.54, 1.807) is 0 Å². The molecular formula is C14H21NO3. The molecule has 0 spiro atoms. The van der Waals surface area contributed by atoms with Gasteiger partial charge in [0.1, 0.15) is 5.75 Å². The highest BCUT2D eigenvalue weighted by atomic mass is 16.6. The zero-order valence-corrected chi connectivity index (χ0v) is 11.7. The standard InChI is InChI=1S/C14H21NO3/c1-6-11-8-12(15(3)4)13(7-10(11)2)18-9-14(16)17-5/h7-8H,6,9H2,1-5H3. The van der Waals surface area contributed by atoms with Gasteiger partial charge in [0.2, 0.25) is 0 Å². The topological polar surface area (TPSA) is 38.8 Å². The number of nitrogens with zero attached hydrogens (tertiary/aromatic N) is 1. The minimum Gasteiger partial charge on any atom is -0.480 e. The number of benzene rings is 1. The number of carbonyl (C=O) groups excluding carboxylic acids is 1. The van der Waals surface area contributed by atoms with E-state index in [-0.39, 0.29) is 12.6 Å². The van der Waals surface area contributed by atoms with Crippen LogP contribution in [0.25, 0.3) is 0 Å². The molecule has 100 valence electrons. The van der Waals surface area contributed by atoms with E-state index < -0.39 is 0 Å². The van der Waals surface area contributed by atoms with Crippen molar-refractivity contribution in [2.75, 3.05) is 32.7 Å². The molecule has 0 unspecified atom stereocenters. The number of rotatable bonds is 5. The first-order valence-corrected chi connectivity index (χ1v) is 6.00. The Labute approximate surface area is 108 Å². The Bertz CT molecular complexity index is 427. The molecule has 0 aromatic heterocycles. The molecule has 0 atom stereocenters. The zero-order chi connectivity index (χ0) is 13.7. The molecule has 1 aromatic rings. The number of aryl methyl sites for hydroxylation is 2. The van der Waals surface area contributed by atoms with Crippen molar-refractivity contribution in [1.82, 2.24) is 0 Å². The van der Waals surface area contributed by atoms with Gasteiger partial charge < -0.3 is 14.4 Å². The number of anilines is 1. The van der Waals surface area contributed by atoms with Crippen LogP contribution in [-0.4, -0.2) is 33.8 Å². The van der Waals surface area contributed by atoms with Crippen LogP contribution in [-0.2, 0) is 16.0 Å². The smallest absolute Gasteiger partial charge is 0.343 e. The van der Waals surface area contributed by atoms with Gasteiger partial charge in [-0.3, -0.25) is 0 Å². The van der Waals surface area contributed by atoms with E-state index in [4.69, 9.17) is 4.74 Å². The number of hydrogen-bond donors (Lipinski definition) is 0. The van der Waals surface area contributed by atoms with Crippen LogP contribution in [0.4, 0.5) is 5.69 Å². The second-order valence-corrected chi connectivity index (χ2v) is 4.36. The third-order valence-corrected chi connectivity index (χ3v) is 2.85. The fourth-order valence-electron chi connectivity index (χ4n) is 1.75. The number of esters is 1. The maximum atomic E-state index is 11.1. The Morgan fingerprint density at radius 1 is 1.33 bits per heavy atom. The maximum Gasteiger partial charge on any atom is 0.343 e. The van der Waals surface area contributed by atoms with E-state index in [9.17, 15) is 4.79 Å². The van der Waals surface area contributed by atoms with Crippen molar-refractivity contribution < 1.29 is 14.3 Å². The van der Waals surface area contributed by atoms with Gasteiger partial charge in [0.05, 0.1) is 12.8 Å². The van der Waals surface area contributed by atoms with Crippen molar-refractivity contribution in [3.8, 4) is 5.75 Å². The molecule has 4 heteroatoms. The van der Waals surface area contributed by atoms with Crippen molar-refractivity contribution in [1.29, 1.82) is 0 Å². The van der Waals surface area contributed by atoms with Crippen molar-refractivity contribution >= 4 is 11.7 Å². The number of hydrogen-bond acceptors (Lipinski definition) is 4. The minimum absolute atomic E-state index is 0.0672. The molecule has 0 aliphatic heterocycles. The van der Waals surface area contributed by atoms with Crippen LogP contribution in [0.15, 0.2) is 12.1 Å². The summed E-state index contributed by atoms with van der Waals surface area (Å²) in [6.07, 6.45) is 0.976. The number of ether oxygens (including phenoxy) is 2. The van der Waals surface area contributed by atoms with Crippen LogP contribution in [0.1, 0.15) is 18.1 Å². The molecule has 1 aromatic carbocycles. The predicted molar refractivity (Wildman–Crippen MR) is 72.4 cm³/mol. The summed E-state index contributed by atoms with van der Waals surface area (Å²) < 4.78 is 10.1. The third kappa shape index (κ3) is 3.39. The van der Waals surface area contributed by atoms with Gasteiger partial charge in [-0.15, -0.1) is 0 Å². The second kappa shape index (κ2) is 6.28. The van der Waals surface area contributed by atoms with Crippen molar-refractivity contribution in [3.63, 3.8) is 0 Å². The summed E-state index contributed by atoms with van der Waals surface area (Å²) in [5, 5.41) is 0. The maximum absolute atomic E-state index is 11.1. The van der Waals surface area contributed by atoms with Crippen molar-refractivity contribution in [3.05, 3.63) is 23.3 Å². The first-order chi connectivity index (χ1) is 8.49.